The van der Waals surface area contributed by atoms with Crippen molar-refractivity contribution in [2.24, 2.45) is 0 Å². The Morgan fingerprint density at radius 3 is 2.58 bits per heavy atom. The highest BCUT2D eigenvalue weighted by Gasteiger charge is 2.17. The van der Waals surface area contributed by atoms with Crippen molar-refractivity contribution in [3.8, 4) is 11.3 Å². The number of halogens is 2. The first-order chi connectivity index (χ1) is 11.5. The quantitative estimate of drug-likeness (QED) is 0.533. The Morgan fingerprint density at radius 2 is 1.92 bits per heavy atom. The molecular weight excluding hydrogens is 318 g/mol. The third-order valence-corrected chi connectivity index (χ3v) is 3.56. The summed E-state index contributed by atoms with van der Waals surface area (Å²) in [4.78, 5) is 13.9. The van der Waals surface area contributed by atoms with Gasteiger partial charge in [-0.15, -0.1) is 0 Å². The molecule has 0 aliphatic heterocycles. The van der Waals surface area contributed by atoms with Crippen LogP contribution in [0.3, 0.4) is 0 Å². The molecule has 0 atom stereocenters. The molecule has 0 bridgehead atoms. The second-order valence-corrected chi connectivity index (χ2v) is 5.29. The van der Waals surface area contributed by atoms with E-state index in [0.717, 1.165) is 11.3 Å². The fraction of sp³-hybridized carbons (Fsp3) is 0.176. The maximum absolute atomic E-state index is 12.2. The lowest BCUT2D eigenvalue weighted by atomic mass is 10.1. The van der Waals surface area contributed by atoms with Gasteiger partial charge in [0.1, 0.15) is 12.1 Å². The van der Waals surface area contributed by atoms with Crippen LogP contribution in [0.25, 0.3) is 22.2 Å². The number of nitro benzene ring substituents is 1. The predicted octanol–water partition coefficient (Wildman–Crippen LogP) is 4.52. The van der Waals surface area contributed by atoms with E-state index in [9.17, 15) is 18.9 Å². The summed E-state index contributed by atoms with van der Waals surface area (Å²) in [5.41, 5.74) is 2.42. The Bertz CT molecular complexity index is 863. The number of hydrogen-bond acceptors (Lipinski definition) is 3. The number of alkyl halides is 2. The number of nitro groups is 1. The van der Waals surface area contributed by atoms with Gasteiger partial charge in [0.25, 0.3) is 12.1 Å². The average molecular weight is 332 g/mol. The summed E-state index contributed by atoms with van der Waals surface area (Å²) in [7, 11) is 0. The van der Waals surface area contributed by atoms with Gasteiger partial charge in [0, 0.05) is 17.1 Å². The normalized spacial score (nSPS) is 11.3. The molecule has 0 radical (unpaired) electrons. The molecule has 0 saturated heterocycles. The minimum absolute atomic E-state index is 0.104. The van der Waals surface area contributed by atoms with Gasteiger partial charge in [0.05, 0.1) is 11.5 Å². The van der Waals surface area contributed by atoms with E-state index in [0.29, 0.717) is 16.5 Å². The molecule has 0 aliphatic rings. The molecule has 0 fully saturated rings. The van der Waals surface area contributed by atoms with Crippen LogP contribution in [-0.4, -0.2) is 22.9 Å². The molecule has 24 heavy (non-hydrogen) atoms. The molecule has 0 aliphatic carbocycles. The van der Waals surface area contributed by atoms with Crippen molar-refractivity contribution in [1.29, 1.82) is 0 Å². The standard InChI is InChI=1S/C17H14F2N2O3/c18-16(19)10-24-9-11-6-13-8-14(12-4-2-1-3-5-12)20-17(13)15(7-11)21(22)23/h1-8,16,20H,9-10H2. The second kappa shape index (κ2) is 6.76. The van der Waals surface area contributed by atoms with Gasteiger partial charge in [0.15, 0.2) is 0 Å². The predicted molar refractivity (Wildman–Crippen MR) is 86.0 cm³/mol. The maximum Gasteiger partial charge on any atom is 0.293 e. The van der Waals surface area contributed by atoms with E-state index < -0.39 is 18.0 Å². The Balaban J connectivity index is 2.00. The molecule has 7 heteroatoms. The lowest BCUT2D eigenvalue weighted by Gasteiger charge is -2.04. The summed E-state index contributed by atoms with van der Waals surface area (Å²) in [6, 6.07) is 14.3. The zero-order valence-electron chi connectivity index (χ0n) is 12.5. The molecule has 0 saturated carbocycles. The van der Waals surface area contributed by atoms with Gasteiger partial charge < -0.3 is 9.72 Å². The zero-order chi connectivity index (χ0) is 17.1. The van der Waals surface area contributed by atoms with E-state index in [4.69, 9.17) is 4.74 Å². The number of non-ortho nitro benzene ring substituents is 1. The molecule has 3 rings (SSSR count). The third-order valence-electron chi connectivity index (χ3n) is 3.56. The van der Waals surface area contributed by atoms with Gasteiger partial charge in [-0.1, -0.05) is 30.3 Å². The first kappa shape index (κ1) is 16.1. The van der Waals surface area contributed by atoms with Crippen LogP contribution < -0.4 is 0 Å². The largest absolute Gasteiger partial charge is 0.371 e. The smallest absolute Gasteiger partial charge is 0.293 e. The highest BCUT2D eigenvalue weighted by molar-refractivity contribution is 5.92. The summed E-state index contributed by atoms with van der Waals surface area (Å²) < 4.78 is 29.2. The van der Waals surface area contributed by atoms with Crippen LogP contribution >= 0.6 is 0 Å². The minimum atomic E-state index is -2.57. The number of benzene rings is 2. The van der Waals surface area contributed by atoms with E-state index >= 15 is 0 Å². The van der Waals surface area contributed by atoms with E-state index in [1.807, 2.05) is 30.3 Å². The fourth-order valence-corrected chi connectivity index (χ4v) is 2.55. The number of aromatic amines is 1. The lowest BCUT2D eigenvalue weighted by Crippen LogP contribution is -2.04. The van der Waals surface area contributed by atoms with Crippen molar-refractivity contribution in [3.05, 3.63) is 64.2 Å². The monoisotopic (exact) mass is 332 g/mol. The van der Waals surface area contributed by atoms with Crippen LogP contribution in [0.4, 0.5) is 14.5 Å². The highest BCUT2D eigenvalue weighted by atomic mass is 19.3. The van der Waals surface area contributed by atoms with Crippen molar-refractivity contribution >= 4 is 16.6 Å². The molecule has 0 spiro atoms. The van der Waals surface area contributed by atoms with E-state index in [1.165, 1.54) is 6.07 Å². The summed E-state index contributed by atoms with van der Waals surface area (Å²) in [5, 5.41) is 12.0. The molecular formula is C17H14F2N2O3. The molecule has 1 aromatic heterocycles. The van der Waals surface area contributed by atoms with Crippen LogP contribution in [0.1, 0.15) is 5.56 Å². The van der Waals surface area contributed by atoms with Crippen molar-refractivity contribution in [3.63, 3.8) is 0 Å². The van der Waals surface area contributed by atoms with Gasteiger partial charge in [-0.25, -0.2) is 8.78 Å². The van der Waals surface area contributed by atoms with Crippen molar-refractivity contribution in [1.82, 2.24) is 4.98 Å². The average Bonchev–Trinajstić information content (AvgIpc) is 2.98. The van der Waals surface area contributed by atoms with E-state index in [-0.39, 0.29) is 12.3 Å². The Hall–Kier alpha value is -2.80. The molecule has 2 aromatic carbocycles. The summed E-state index contributed by atoms with van der Waals surface area (Å²) in [6.45, 7) is -0.804. The summed E-state index contributed by atoms with van der Waals surface area (Å²) in [6.07, 6.45) is -2.57. The third kappa shape index (κ3) is 3.41. The van der Waals surface area contributed by atoms with Gasteiger partial charge in [-0.2, -0.15) is 0 Å². The molecule has 0 unspecified atom stereocenters. The molecule has 3 aromatic rings. The number of rotatable bonds is 6. The van der Waals surface area contributed by atoms with Crippen LogP contribution in [-0.2, 0) is 11.3 Å². The second-order valence-electron chi connectivity index (χ2n) is 5.29. The first-order valence-corrected chi connectivity index (χ1v) is 7.26. The number of ether oxygens (including phenoxy) is 1. The van der Waals surface area contributed by atoms with Gasteiger partial charge in [-0.3, -0.25) is 10.1 Å². The van der Waals surface area contributed by atoms with Gasteiger partial charge >= 0.3 is 0 Å². The maximum atomic E-state index is 12.2. The fourth-order valence-electron chi connectivity index (χ4n) is 2.55. The lowest BCUT2D eigenvalue weighted by molar-refractivity contribution is -0.383. The molecule has 0 amide bonds. The number of hydrogen-bond donors (Lipinski definition) is 1. The van der Waals surface area contributed by atoms with E-state index in [2.05, 4.69) is 4.98 Å². The van der Waals surface area contributed by atoms with Gasteiger partial charge in [-0.05, 0) is 23.3 Å². The van der Waals surface area contributed by atoms with Crippen LogP contribution in [0.5, 0.6) is 0 Å². The number of nitrogens with zero attached hydrogens (tertiary/aromatic N) is 1. The highest BCUT2D eigenvalue weighted by Crippen LogP contribution is 2.31. The number of fused-ring (bicyclic) bond motifs is 1. The number of aromatic nitrogens is 1. The van der Waals surface area contributed by atoms with Crippen molar-refractivity contribution in [2.75, 3.05) is 6.61 Å². The molecule has 1 N–H and O–H groups in total. The van der Waals surface area contributed by atoms with Crippen molar-refractivity contribution < 1.29 is 18.4 Å². The number of H-pyrrole nitrogens is 1. The zero-order valence-corrected chi connectivity index (χ0v) is 12.5. The molecule has 124 valence electrons. The van der Waals surface area contributed by atoms with E-state index in [1.54, 1.807) is 12.1 Å². The number of nitrogens with one attached hydrogen (secondary N) is 1. The van der Waals surface area contributed by atoms with Crippen molar-refractivity contribution in [2.45, 2.75) is 13.0 Å². The van der Waals surface area contributed by atoms with Crippen LogP contribution in [0.2, 0.25) is 0 Å². The Morgan fingerprint density at radius 1 is 1.17 bits per heavy atom. The Labute approximate surface area is 136 Å². The first-order valence-electron chi connectivity index (χ1n) is 7.26. The summed E-state index contributed by atoms with van der Waals surface area (Å²) >= 11 is 0. The minimum Gasteiger partial charge on any atom is -0.371 e. The topological polar surface area (TPSA) is 68.2 Å². The Kier molecular flexibility index (Phi) is 4.52. The van der Waals surface area contributed by atoms with Crippen LogP contribution in [0.15, 0.2) is 48.5 Å². The van der Waals surface area contributed by atoms with Crippen LogP contribution in [0, 0.1) is 10.1 Å². The SMILES string of the molecule is O=[N+]([O-])c1cc(COCC(F)F)cc2cc(-c3ccccc3)[nH]c12. The molecule has 1 heterocycles. The van der Waals surface area contributed by atoms with Gasteiger partial charge in [0.2, 0.25) is 0 Å². The summed E-state index contributed by atoms with van der Waals surface area (Å²) in [5.74, 6) is 0. The molecule has 5 nitrogen and oxygen atoms in total.